The van der Waals surface area contributed by atoms with Crippen molar-refractivity contribution in [3.05, 3.63) is 52.8 Å². The zero-order valence-corrected chi connectivity index (χ0v) is 11.8. The minimum Gasteiger partial charge on any atom is -0.465 e. The topological polar surface area (TPSA) is 31.2 Å². The highest BCUT2D eigenvalue weighted by molar-refractivity contribution is 5.91. The predicted octanol–water partition coefficient (Wildman–Crippen LogP) is 3.90. The molecule has 0 saturated heterocycles. The van der Waals surface area contributed by atoms with Gasteiger partial charge in [-0.2, -0.15) is 13.2 Å². The quantitative estimate of drug-likeness (QED) is 0.787. The zero-order chi connectivity index (χ0) is 15.8. The van der Waals surface area contributed by atoms with Crippen molar-refractivity contribution in [2.45, 2.75) is 20.0 Å². The highest BCUT2D eigenvalue weighted by Gasteiger charge is 2.30. The Morgan fingerprint density at radius 2 is 1.86 bits per heavy atom. The number of hydrogen-bond donors (Lipinski definition) is 0. The third kappa shape index (κ3) is 2.79. The maximum atomic E-state index is 12.8. The maximum Gasteiger partial charge on any atom is 0.416 e. The van der Waals surface area contributed by atoms with Gasteiger partial charge >= 0.3 is 12.1 Å². The van der Waals surface area contributed by atoms with Crippen LogP contribution in [0, 0.1) is 13.8 Å². The van der Waals surface area contributed by atoms with Crippen LogP contribution < -0.4 is 0 Å². The van der Waals surface area contributed by atoms with Crippen molar-refractivity contribution in [1.82, 2.24) is 4.57 Å². The largest absolute Gasteiger partial charge is 0.465 e. The van der Waals surface area contributed by atoms with E-state index in [9.17, 15) is 18.0 Å². The molecule has 0 bridgehead atoms. The van der Waals surface area contributed by atoms with Gasteiger partial charge in [0.1, 0.15) is 0 Å². The van der Waals surface area contributed by atoms with E-state index in [2.05, 4.69) is 4.74 Å². The number of ether oxygens (including phenoxy) is 1. The first kappa shape index (κ1) is 15.2. The Labute approximate surface area is 120 Å². The molecular formula is C15H14F3NO2. The van der Waals surface area contributed by atoms with Gasteiger partial charge in [0.05, 0.1) is 18.2 Å². The number of carbonyl (C=O) groups excluding carboxylic acids is 1. The molecule has 0 radical (unpaired) electrons. The SMILES string of the molecule is COC(=O)c1cc(C)n(-c2cccc(C(F)(F)F)c2)c1C. The van der Waals surface area contributed by atoms with Gasteiger partial charge in [-0.3, -0.25) is 0 Å². The summed E-state index contributed by atoms with van der Waals surface area (Å²) in [5.41, 5.74) is 1.17. The highest BCUT2D eigenvalue weighted by Crippen LogP contribution is 2.31. The summed E-state index contributed by atoms with van der Waals surface area (Å²) < 4.78 is 44.6. The van der Waals surface area contributed by atoms with Gasteiger partial charge in [0.15, 0.2) is 0 Å². The minimum atomic E-state index is -4.41. The van der Waals surface area contributed by atoms with Crippen LogP contribution in [0.3, 0.4) is 0 Å². The van der Waals surface area contributed by atoms with Crippen LogP contribution in [0.2, 0.25) is 0 Å². The Bertz CT molecular complexity index is 687. The first-order valence-electron chi connectivity index (χ1n) is 6.20. The molecule has 2 rings (SSSR count). The average molecular weight is 297 g/mol. The summed E-state index contributed by atoms with van der Waals surface area (Å²) >= 11 is 0. The van der Waals surface area contributed by atoms with Crippen LogP contribution in [-0.4, -0.2) is 17.6 Å². The summed E-state index contributed by atoms with van der Waals surface area (Å²) in [5.74, 6) is -0.513. The van der Waals surface area contributed by atoms with Crippen molar-refractivity contribution in [3.8, 4) is 5.69 Å². The fourth-order valence-corrected chi connectivity index (χ4v) is 2.30. The normalized spacial score (nSPS) is 11.5. The summed E-state index contributed by atoms with van der Waals surface area (Å²) in [4.78, 5) is 11.6. The zero-order valence-electron chi connectivity index (χ0n) is 11.8. The lowest BCUT2D eigenvalue weighted by Gasteiger charge is -2.13. The molecule has 0 spiro atoms. The van der Waals surface area contributed by atoms with Gasteiger partial charge in [0, 0.05) is 17.1 Å². The number of aryl methyl sites for hydroxylation is 1. The molecule has 3 nitrogen and oxygen atoms in total. The molecule has 1 aromatic heterocycles. The highest BCUT2D eigenvalue weighted by atomic mass is 19.4. The standard InChI is InChI=1S/C15H14F3NO2/c1-9-7-13(14(20)21-3)10(2)19(9)12-6-4-5-11(8-12)15(16,17)18/h4-8H,1-3H3. The molecule has 0 amide bonds. The lowest BCUT2D eigenvalue weighted by molar-refractivity contribution is -0.137. The Morgan fingerprint density at radius 1 is 1.19 bits per heavy atom. The fraction of sp³-hybridized carbons (Fsp3) is 0.267. The molecule has 0 unspecified atom stereocenters. The maximum absolute atomic E-state index is 12.8. The van der Waals surface area contributed by atoms with Crippen LogP contribution in [0.15, 0.2) is 30.3 Å². The van der Waals surface area contributed by atoms with E-state index in [1.54, 1.807) is 30.5 Å². The molecule has 0 atom stereocenters. The molecule has 2 aromatic rings. The Kier molecular flexibility index (Phi) is 3.80. The number of carbonyl (C=O) groups is 1. The molecule has 0 saturated carbocycles. The van der Waals surface area contributed by atoms with Gasteiger partial charge < -0.3 is 9.30 Å². The number of benzene rings is 1. The van der Waals surface area contributed by atoms with Crippen LogP contribution in [0.4, 0.5) is 13.2 Å². The second-order valence-electron chi connectivity index (χ2n) is 4.66. The van der Waals surface area contributed by atoms with Crippen molar-refractivity contribution >= 4 is 5.97 Å². The van der Waals surface area contributed by atoms with Crippen molar-refractivity contribution in [1.29, 1.82) is 0 Å². The van der Waals surface area contributed by atoms with Gasteiger partial charge in [-0.25, -0.2) is 4.79 Å². The number of halogens is 3. The Morgan fingerprint density at radius 3 is 2.43 bits per heavy atom. The van der Waals surface area contributed by atoms with E-state index in [0.29, 0.717) is 22.6 Å². The summed E-state index contributed by atoms with van der Waals surface area (Å²) in [5, 5.41) is 0. The second-order valence-corrected chi connectivity index (χ2v) is 4.66. The Balaban J connectivity index is 2.58. The predicted molar refractivity (Wildman–Crippen MR) is 71.6 cm³/mol. The lowest BCUT2D eigenvalue weighted by atomic mass is 10.2. The number of nitrogens with zero attached hydrogens (tertiary/aromatic N) is 1. The number of esters is 1. The van der Waals surface area contributed by atoms with Gasteiger partial charge in [-0.15, -0.1) is 0 Å². The van der Waals surface area contributed by atoms with E-state index >= 15 is 0 Å². The monoisotopic (exact) mass is 297 g/mol. The number of rotatable bonds is 2. The van der Waals surface area contributed by atoms with Crippen molar-refractivity contribution in [3.63, 3.8) is 0 Å². The van der Waals surface area contributed by atoms with E-state index in [4.69, 9.17) is 0 Å². The summed E-state index contributed by atoms with van der Waals surface area (Å²) in [7, 11) is 1.26. The van der Waals surface area contributed by atoms with Crippen LogP contribution in [0.25, 0.3) is 5.69 Å². The molecule has 0 aliphatic rings. The van der Waals surface area contributed by atoms with Crippen molar-refractivity contribution < 1.29 is 22.7 Å². The first-order valence-corrected chi connectivity index (χ1v) is 6.20. The number of alkyl halides is 3. The van der Waals surface area contributed by atoms with Gasteiger partial charge in [-0.05, 0) is 38.1 Å². The summed E-state index contributed by atoms with van der Waals surface area (Å²) in [6.07, 6.45) is -4.41. The van der Waals surface area contributed by atoms with Gasteiger partial charge in [0.2, 0.25) is 0 Å². The molecule has 21 heavy (non-hydrogen) atoms. The van der Waals surface area contributed by atoms with Gasteiger partial charge in [0.25, 0.3) is 0 Å². The number of aromatic nitrogens is 1. The third-order valence-electron chi connectivity index (χ3n) is 3.27. The second kappa shape index (κ2) is 5.27. The van der Waals surface area contributed by atoms with Crippen LogP contribution in [-0.2, 0) is 10.9 Å². The van der Waals surface area contributed by atoms with E-state index in [0.717, 1.165) is 12.1 Å². The van der Waals surface area contributed by atoms with E-state index in [1.165, 1.54) is 13.2 Å². The summed E-state index contributed by atoms with van der Waals surface area (Å²) in [6.45, 7) is 3.39. The first-order chi connectivity index (χ1) is 9.75. The molecule has 0 aliphatic carbocycles. The number of hydrogen-bond acceptors (Lipinski definition) is 2. The van der Waals surface area contributed by atoms with E-state index in [-0.39, 0.29) is 0 Å². The molecule has 112 valence electrons. The van der Waals surface area contributed by atoms with Crippen LogP contribution in [0.5, 0.6) is 0 Å². The molecule has 1 aromatic carbocycles. The van der Waals surface area contributed by atoms with Crippen LogP contribution >= 0.6 is 0 Å². The number of methoxy groups -OCH3 is 1. The average Bonchev–Trinajstić information content (AvgIpc) is 2.72. The van der Waals surface area contributed by atoms with E-state index in [1.807, 2.05) is 0 Å². The lowest BCUT2D eigenvalue weighted by Crippen LogP contribution is -2.08. The Hall–Kier alpha value is -2.24. The van der Waals surface area contributed by atoms with Crippen molar-refractivity contribution in [2.75, 3.05) is 7.11 Å². The molecule has 0 fully saturated rings. The fourth-order valence-electron chi connectivity index (χ4n) is 2.30. The van der Waals surface area contributed by atoms with Crippen molar-refractivity contribution in [2.24, 2.45) is 0 Å². The molecule has 0 N–H and O–H groups in total. The molecule has 1 heterocycles. The smallest absolute Gasteiger partial charge is 0.416 e. The molecule has 6 heteroatoms. The van der Waals surface area contributed by atoms with Gasteiger partial charge in [-0.1, -0.05) is 6.07 Å². The van der Waals surface area contributed by atoms with Crippen LogP contribution in [0.1, 0.15) is 27.3 Å². The molecule has 0 aliphatic heterocycles. The third-order valence-corrected chi connectivity index (χ3v) is 3.27. The van der Waals surface area contributed by atoms with E-state index < -0.39 is 17.7 Å². The molecular weight excluding hydrogens is 283 g/mol. The summed E-state index contributed by atoms with van der Waals surface area (Å²) in [6, 6.07) is 6.58. The minimum absolute atomic E-state index is 0.340.